The molecule has 0 radical (unpaired) electrons. The van der Waals surface area contributed by atoms with Crippen molar-refractivity contribution < 1.29 is 14.6 Å². The molecule has 1 atom stereocenters. The summed E-state index contributed by atoms with van der Waals surface area (Å²) in [5.74, 6) is -0.394. The number of esters is 1. The third-order valence-electron chi connectivity index (χ3n) is 1.86. The minimum atomic E-state index is -0.879. The molecular weight excluding hydrogens is 194 g/mol. The molecule has 1 aromatic rings. The Kier molecular flexibility index (Phi) is 4.77. The van der Waals surface area contributed by atoms with Crippen LogP contribution < -0.4 is 0 Å². The summed E-state index contributed by atoms with van der Waals surface area (Å²) in [6.45, 7) is 2.32. The van der Waals surface area contributed by atoms with Gasteiger partial charge < -0.3 is 9.84 Å². The van der Waals surface area contributed by atoms with Gasteiger partial charge in [-0.1, -0.05) is 13.0 Å². The summed E-state index contributed by atoms with van der Waals surface area (Å²) in [4.78, 5) is 15.1. The molecule has 1 aromatic heterocycles. The van der Waals surface area contributed by atoms with E-state index in [1.807, 2.05) is 6.92 Å². The van der Waals surface area contributed by atoms with Gasteiger partial charge in [-0.2, -0.15) is 0 Å². The molecule has 0 amide bonds. The molecule has 1 rings (SSSR count). The molecule has 0 aliphatic carbocycles. The number of aliphatic hydroxyl groups excluding tert-OH is 1. The van der Waals surface area contributed by atoms with Crippen LogP contribution in [0, 0.1) is 0 Å². The van der Waals surface area contributed by atoms with Crippen molar-refractivity contribution in [1.82, 2.24) is 4.98 Å². The molecule has 0 saturated carbocycles. The molecule has 4 nitrogen and oxygen atoms in total. The predicted molar refractivity (Wildman–Crippen MR) is 55.1 cm³/mol. The van der Waals surface area contributed by atoms with E-state index in [9.17, 15) is 9.90 Å². The van der Waals surface area contributed by atoms with Crippen LogP contribution in [0.4, 0.5) is 0 Å². The lowest BCUT2D eigenvalue weighted by atomic mass is 10.2. The summed E-state index contributed by atoms with van der Waals surface area (Å²) in [6.07, 6.45) is 1.44. The number of hydrogen-bond acceptors (Lipinski definition) is 4. The molecule has 1 heterocycles. The largest absolute Gasteiger partial charge is 0.466 e. The van der Waals surface area contributed by atoms with Gasteiger partial charge in [-0.15, -0.1) is 0 Å². The fraction of sp³-hybridized carbons (Fsp3) is 0.455. The molecular formula is C11H15NO3. The van der Waals surface area contributed by atoms with Gasteiger partial charge in [0.25, 0.3) is 0 Å². The van der Waals surface area contributed by atoms with Gasteiger partial charge in [-0.25, -0.2) is 0 Å². The highest BCUT2D eigenvalue weighted by molar-refractivity contribution is 5.70. The number of pyridine rings is 1. The van der Waals surface area contributed by atoms with Crippen molar-refractivity contribution in [1.29, 1.82) is 0 Å². The van der Waals surface area contributed by atoms with Crippen molar-refractivity contribution in [2.75, 3.05) is 6.61 Å². The molecule has 0 aliphatic rings. The van der Waals surface area contributed by atoms with Crippen LogP contribution in [-0.2, 0) is 9.53 Å². The smallest absolute Gasteiger partial charge is 0.308 e. The van der Waals surface area contributed by atoms with Crippen LogP contribution >= 0.6 is 0 Å². The van der Waals surface area contributed by atoms with E-state index in [1.54, 1.807) is 24.4 Å². The first-order valence-corrected chi connectivity index (χ1v) is 4.98. The second kappa shape index (κ2) is 6.14. The maximum Gasteiger partial charge on any atom is 0.308 e. The zero-order chi connectivity index (χ0) is 11.1. The lowest BCUT2D eigenvalue weighted by molar-refractivity contribution is -0.146. The van der Waals surface area contributed by atoms with Crippen LogP contribution in [0.25, 0.3) is 0 Å². The number of ether oxygens (including phenoxy) is 1. The summed E-state index contributed by atoms with van der Waals surface area (Å²) in [5.41, 5.74) is 0.492. The highest BCUT2D eigenvalue weighted by Gasteiger charge is 2.14. The predicted octanol–water partition coefficient (Wildman–Crippen LogP) is 1.46. The molecule has 4 heteroatoms. The summed E-state index contributed by atoms with van der Waals surface area (Å²) < 4.78 is 4.86. The molecule has 1 N–H and O–H groups in total. The number of carbonyl (C=O) groups excluding carboxylic acids is 1. The van der Waals surface area contributed by atoms with Crippen LogP contribution in [0.2, 0.25) is 0 Å². The van der Waals surface area contributed by atoms with Crippen molar-refractivity contribution >= 4 is 5.97 Å². The highest BCUT2D eigenvalue weighted by Crippen LogP contribution is 2.13. The Labute approximate surface area is 88.9 Å². The first kappa shape index (κ1) is 11.7. The van der Waals surface area contributed by atoms with Gasteiger partial charge in [0.1, 0.15) is 6.10 Å². The van der Waals surface area contributed by atoms with Crippen LogP contribution in [0.1, 0.15) is 31.6 Å². The number of aromatic nitrogens is 1. The first-order chi connectivity index (χ1) is 7.24. The lowest BCUT2D eigenvalue weighted by Gasteiger charge is -2.09. The van der Waals surface area contributed by atoms with E-state index in [4.69, 9.17) is 4.74 Å². The number of rotatable bonds is 5. The van der Waals surface area contributed by atoms with Gasteiger partial charge in [0, 0.05) is 6.20 Å². The van der Waals surface area contributed by atoms with E-state index >= 15 is 0 Å². The quantitative estimate of drug-likeness (QED) is 0.746. The number of hydrogen-bond donors (Lipinski definition) is 1. The fourth-order valence-electron chi connectivity index (χ4n) is 1.11. The van der Waals surface area contributed by atoms with Crippen LogP contribution in [0.5, 0.6) is 0 Å². The number of nitrogens with zero attached hydrogens (tertiary/aromatic N) is 1. The Hall–Kier alpha value is -1.42. The van der Waals surface area contributed by atoms with Crippen molar-refractivity contribution in [3.63, 3.8) is 0 Å². The van der Waals surface area contributed by atoms with Crippen molar-refractivity contribution in [2.24, 2.45) is 0 Å². The van der Waals surface area contributed by atoms with Gasteiger partial charge >= 0.3 is 5.97 Å². The van der Waals surface area contributed by atoms with Crippen LogP contribution in [0.3, 0.4) is 0 Å². The average Bonchev–Trinajstić information content (AvgIpc) is 2.27. The lowest BCUT2D eigenvalue weighted by Crippen LogP contribution is -2.11. The second-order valence-corrected chi connectivity index (χ2v) is 3.19. The monoisotopic (exact) mass is 209 g/mol. The maximum absolute atomic E-state index is 11.2. The van der Waals surface area contributed by atoms with Crippen LogP contribution in [0.15, 0.2) is 24.4 Å². The molecule has 0 saturated heterocycles. The Morgan fingerprint density at radius 2 is 2.40 bits per heavy atom. The molecule has 15 heavy (non-hydrogen) atoms. The SMILES string of the molecule is CCCOC(=O)CC(O)c1ccccn1. The third-order valence-corrected chi connectivity index (χ3v) is 1.86. The van der Waals surface area contributed by atoms with Crippen molar-refractivity contribution in [2.45, 2.75) is 25.9 Å². The molecule has 0 aromatic carbocycles. The van der Waals surface area contributed by atoms with E-state index < -0.39 is 12.1 Å². The fourth-order valence-corrected chi connectivity index (χ4v) is 1.11. The topological polar surface area (TPSA) is 59.4 Å². The minimum Gasteiger partial charge on any atom is -0.466 e. The zero-order valence-electron chi connectivity index (χ0n) is 8.72. The van der Waals surface area contributed by atoms with E-state index in [2.05, 4.69) is 4.98 Å². The Morgan fingerprint density at radius 1 is 1.60 bits per heavy atom. The standard InChI is InChI=1S/C11H15NO3/c1-2-7-15-11(14)8-10(13)9-5-3-4-6-12-9/h3-6,10,13H,2,7-8H2,1H3. The third kappa shape index (κ3) is 4.08. The van der Waals surface area contributed by atoms with Gasteiger partial charge in [0.15, 0.2) is 0 Å². The van der Waals surface area contributed by atoms with Gasteiger partial charge in [0.2, 0.25) is 0 Å². The summed E-state index contributed by atoms with van der Waals surface area (Å²) in [7, 11) is 0. The number of aliphatic hydroxyl groups is 1. The van der Waals surface area contributed by atoms with Crippen molar-refractivity contribution in [3.05, 3.63) is 30.1 Å². The highest BCUT2D eigenvalue weighted by atomic mass is 16.5. The van der Waals surface area contributed by atoms with Crippen molar-refractivity contribution in [3.8, 4) is 0 Å². The molecule has 1 unspecified atom stereocenters. The number of carbonyl (C=O) groups is 1. The normalized spacial score (nSPS) is 12.1. The second-order valence-electron chi connectivity index (χ2n) is 3.19. The van der Waals surface area contributed by atoms with Crippen LogP contribution in [-0.4, -0.2) is 22.7 Å². The Bertz CT molecular complexity index is 300. The molecule has 0 fully saturated rings. The molecule has 0 aliphatic heterocycles. The summed E-state index contributed by atoms with van der Waals surface area (Å²) >= 11 is 0. The van der Waals surface area contributed by atoms with E-state index in [1.165, 1.54) is 0 Å². The average molecular weight is 209 g/mol. The minimum absolute atomic E-state index is 0.0446. The maximum atomic E-state index is 11.2. The van der Waals surface area contributed by atoms with E-state index in [0.717, 1.165) is 6.42 Å². The Balaban J connectivity index is 2.42. The van der Waals surface area contributed by atoms with E-state index in [-0.39, 0.29) is 6.42 Å². The van der Waals surface area contributed by atoms with Gasteiger partial charge in [0.05, 0.1) is 18.7 Å². The van der Waals surface area contributed by atoms with Gasteiger partial charge in [-0.05, 0) is 18.6 Å². The molecule has 82 valence electrons. The summed E-state index contributed by atoms with van der Waals surface area (Å²) in [6, 6.07) is 5.20. The summed E-state index contributed by atoms with van der Waals surface area (Å²) in [5, 5.41) is 9.63. The molecule has 0 spiro atoms. The van der Waals surface area contributed by atoms with Gasteiger partial charge in [-0.3, -0.25) is 9.78 Å². The molecule has 0 bridgehead atoms. The zero-order valence-corrected chi connectivity index (χ0v) is 8.72. The first-order valence-electron chi connectivity index (χ1n) is 4.98. The van der Waals surface area contributed by atoms with E-state index in [0.29, 0.717) is 12.3 Å². The Morgan fingerprint density at radius 3 is 3.00 bits per heavy atom.